The maximum Gasteiger partial charge on any atom is 0.310 e. The molecule has 3 aromatic carbocycles. The van der Waals surface area contributed by atoms with E-state index in [1.165, 1.54) is 0 Å². The zero-order valence-corrected chi connectivity index (χ0v) is 18.9. The molecule has 1 N–H and O–H groups in total. The van der Waals surface area contributed by atoms with E-state index in [2.05, 4.69) is 5.32 Å². The standard InChI is InChI=1S/C26H22ClNO5/c1-3-31-24(29)15-17-8-13-23(21(27)14-17)32-19-11-9-18(10-12-19)28-26(30)25-16(2)20-6-4-5-7-22(20)33-25/h4-14H,3,15H2,1-2H3,(H,28,30). The molecule has 7 heteroatoms. The maximum atomic E-state index is 12.7. The molecule has 0 saturated carbocycles. The van der Waals surface area contributed by atoms with Crippen molar-refractivity contribution in [3.05, 3.63) is 88.6 Å². The van der Waals surface area contributed by atoms with Gasteiger partial charge in [-0.2, -0.15) is 0 Å². The van der Waals surface area contributed by atoms with Gasteiger partial charge in [-0.25, -0.2) is 0 Å². The van der Waals surface area contributed by atoms with Gasteiger partial charge in [-0.3, -0.25) is 9.59 Å². The highest BCUT2D eigenvalue weighted by Crippen LogP contribution is 2.31. The van der Waals surface area contributed by atoms with Gasteiger partial charge in [0, 0.05) is 16.6 Å². The van der Waals surface area contributed by atoms with Crippen molar-refractivity contribution in [3.8, 4) is 11.5 Å². The molecule has 0 saturated heterocycles. The molecular weight excluding hydrogens is 442 g/mol. The Bertz CT molecular complexity index is 1310. The summed E-state index contributed by atoms with van der Waals surface area (Å²) in [4.78, 5) is 24.3. The van der Waals surface area contributed by atoms with Crippen molar-refractivity contribution in [2.24, 2.45) is 0 Å². The Labute approximate surface area is 196 Å². The highest BCUT2D eigenvalue weighted by molar-refractivity contribution is 6.32. The van der Waals surface area contributed by atoms with Crippen LogP contribution in [0.25, 0.3) is 11.0 Å². The average Bonchev–Trinajstić information content (AvgIpc) is 3.14. The summed E-state index contributed by atoms with van der Waals surface area (Å²) in [6.45, 7) is 3.96. The van der Waals surface area contributed by atoms with E-state index in [9.17, 15) is 9.59 Å². The molecule has 0 spiro atoms. The molecular formula is C26H22ClNO5. The molecule has 0 aliphatic carbocycles. The summed E-state index contributed by atoms with van der Waals surface area (Å²) < 4.78 is 16.5. The van der Waals surface area contributed by atoms with E-state index < -0.39 is 0 Å². The third-order valence-electron chi connectivity index (χ3n) is 5.04. The minimum absolute atomic E-state index is 0.146. The first-order chi connectivity index (χ1) is 15.9. The molecule has 168 valence electrons. The Balaban J connectivity index is 1.41. The lowest BCUT2D eigenvalue weighted by molar-refractivity contribution is -0.142. The van der Waals surface area contributed by atoms with Crippen LogP contribution in [0.5, 0.6) is 11.5 Å². The third-order valence-corrected chi connectivity index (χ3v) is 5.34. The van der Waals surface area contributed by atoms with Crippen LogP contribution in [0.1, 0.15) is 28.6 Å². The monoisotopic (exact) mass is 463 g/mol. The van der Waals surface area contributed by atoms with E-state index >= 15 is 0 Å². The number of esters is 1. The number of carbonyl (C=O) groups excluding carboxylic acids is 2. The number of carbonyl (C=O) groups is 2. The van der Waals surface area contributed by atoms with Gasteiger partial charge in [-0.1, -0.05) is 35.9 Å². The van der Waals surface area contributed by atoms with Crippen LogP contribution in [0, 0.1) is 6.92 Å². The molecule has 0 unspecified atom stereocenters. The number of ether oxygens (including phenoxy) is 2. The molecule has 1 heterocycles. The molecule has 0 bridgehead atoms. The quantitative estimate of drug-likeness (QED) is 0.314. The van der Waals surface area contributed by atoms with Gasteiger partial charge >= 0.3 is 5.97 Å². The minimum Gasteiger partial charge on any atom is -0.466 e. The Morgan fingerprint density at radius 2 is 1.79 bits per heavy atom. The van der Waals surface area contributed by atoms with Gasteiger partial charge in [0.25, 0.3) is 5.91 Å². The first-order valence-electron chi connectivity index (χ1n) is 10.5. The van der Waals surface area contributed by atoms with Crippen LogP contribution in [0.2, 0.25) is 5.02 Å². The van der Waals surface area contributed by atoms with Crippen LogP contribution in [0.15, 0.2) is 71.1 Å². The predicted molar refractivity (Wildman–Crippen MR) is 127 cm³/mol. The van der Waals surface area contributed by atoms with Crippen molar-refractivity contribution in [2.45, 2.75) is 20.3 Å². The lowest BCUT2D eigenvalue weighted by Gasteiger charge is -2.10. The van der Waals surface area contributed by atoms with Crippen molar-refractivity contribution in [1.29, 1.82) is 0 Å². The highest BCUT2D eigenvalue weighted by Gasteiger charge is 2.17. The minimum atomic E-state index is -0.322. The highest BCUT2D eigenvalue weighted by atomic mass is 35.5. The first-order valence-corrected chi connectivity index (χ1v) is 10.8. The molecule has 33 heavy (non-hydrogen) atoms. The fourth-order valence-electron chi connectivity index (χ4n) is 3.43. The fraction of sp³-hybridized carbons (Fsp3) is 0.154. The summed E-state index contributed by atoms with van der Waals surface area (Å²) in [5.74, 6) is 0.661. The molecule has 1 aromatic heterocycles. The van der Waals surface area contributed by atoms with Crippen LogP contribution in [0.4, 0.5) is 5.69 Å². The predicted octanol–water partition coefficient (Wildman–Crippen LogP) is 6.54. The van der Waals surface area contributed by atoms with Crippen LogP contribution >= 0.6 is 11.6 Å². The van der Waals surface area contributed by atoms with Crippen molar-refractivity contribution >= 4 is 40.1 Å². The summed E-state index contributed by atoms with van der Waals surface area (Å²) in [5.41, 5.74) is 2.81. The van der Waals surface area contributed by atoms with Crippen molar-refractivity contribution in [2.75, 3.05) is 11.9 Å². The summed E-state index contributed by atoms with van der Waals surface area (Å²) >= 11 is 6.31. The topological polar surface area (TPSA) is 77.8 Å². The molecule has 0 atom stereocenters. The summed E-state index contributed by atoms with van der Waals surface area (Å²) in [6.07, 6.45) is 0.146. The number of para-hydroxylation sites is 1. The smallest absolute Gasteiger partial charge is 0.310 e. The Morgan fingerprint density at radius 1 is 1.03 bits per heavy atom. The fourth-order valence-corrected chi connectivity index (χ4v) is 3.67. The number of anilines is 1. The number of fused-ring (bicyclic) bond motifs is 1. The zero-order valence-electron chi connectivity index (χ0n) is 18.2. The Kier molecular flexibility index (Phi) is 6.66. The first kappa shape index (κ1) is 22.4. The van der Waals surface area contributed by atoms with Gasteiger partial charge in [-0.05, 0) is 61.9 Å². The zero-order chi connectivity index (χ0) is 23.4. The van der Waals surface area contributed by atoms with Gasteiger partial charge < -0.3 is 19.2 Å². The van der Waals surface area contributed by atoms with E-state index in [0.717, 1.165) is 16.5 Å². The maximum absolute atomic E-state index is 12.7. The molecule has 4 rings (SSSR count). The SMILES string of the molecule is CCOC(=O)Cc1ccc(Oc2ccc(NC(=O)c3oc4ccccc4c3C)cc2)c(Cl)c1. The summed E-state index contributed by atoms with van der Waals surface area (Å²) in [7, 11) is 0. The van der Waals surface area contributed by atoms with Gasteiger partial charge in [-0.15, -0.1) is 0 Å². The third kappa shape index (κ3) is 5.18. The molecule has 0 aliphatic rings. The second-order valence-electron chi connectivity index (χ2n) is 7.38. The second kappa shape index (κ2) is 9.79. The van der Waals surface area contributed by atoms with Crippen LogP contribution in [0.3, 0.4) is 0 Å². The normalized spacial score (nSPS) is 10.8. The molecule has 0 aliphatic heterocycles. The van der Waals surface area contributed by atoms with E-state index in [-0.39, 0.29) is 24.1 Å². The lowest BCUT2D eigenvalue weighted by Crippen LogP contribution is -2.11. The van der Waals surface area contributed by atoms with Crippen molar-refractivity contribution in [3.63, 3.8) is 0 Å². The van der Waals surface area contributed by atoms with Gasteiger partial charge in [0.1, 0.15) is 17.1 Å². The van der Waals surface area contributed by atoms with E-state index in [4.69, 9.17) is 25.5 Å². The number of rotatable bonds is 7. The van der Waals surface area contributed by atoms with Gasteiger partial charge in [0.15, 0.2) is 5.76 Å². The lowest BCUT2D eigenvalue weighted by atomic mass is 10.1. The number of nitrogens with one attached hydrogen (secondary N) is 1. The molecule has 0 fully saturated rings. The number of benzene rings is 3. The van der Waals surface area contributed by atoms with E-state index in [0.29, 0.717) is 34.4 Å². The number of amides is 1. The Morgan fingerprint density at radius 3 is 2.48 bits per heavy atom. The van der Waals surface area contributed by atoms with Crippen molar-refractivity contribution < 1.29 is 23.5 Å². The summed E-state index contributed by atoms with van der Waals surface area (Å²) in [5, 5.41) is 4.14. The van der Waals surface area contributed by atoms with Crippen LogP contribution in [-0.4, -0.2) is 18.5 Å². The molecule has 4 aromatic rings. The van der Waals surface area contributed by atoms with E-state index in [1.807, 2.05) is 31.2 Å². The van der Waals surface area contributed by atoms with Gasteiger partial charge in [0.2, 0.25) is 0 Å². The number of aryl methyl sites for hydroxylation is 1. The number of halogens is 1. The average molecular weight is 464 g/mol. The molecule has 1 amide bonds. The van der Waals surface area contributed by atoms with Crippen molar-refractivity contribution in [1.82, 2.24) is 0 Å². The largest absolute Gasteiger partial charge is 0.466 e. The second-order valence-corrected chi connectivity index (χ2v) is 7.79. The van der Waals surface area contributed by atoms with Crippen LogP contribution < -0.4 is 10.1 Å². The molecule has 6 nitrogen and oxygen atoms in total. The Hall–Kier alpha value is -3.77. The molecule has 0 radical (unpaired) electrons. The number of hydrogen-bond donors (Lipinski definition) is 1. The number of furan rings is 1. The van der Waals surface area contributed by atoms with Crippen LogP contribution in [-0.2, 0) is 16.0 Å². The van der Waals surface area contributed by atoms with E-state index in [1.54, 1.807) is 49.4 Å². The van der Waals surface area contributed by atoms with Gasteiger partial charge in [0.05, 0.1) is 18.1 Å². The summed E-state index contributed by atoms with van der Waals surface area (Å²) in [6, 6.07) is 19.6. The number of hydrogen-bond acceptors (Lipinski definition) is 5.